The van der Waals surface area contributed by atoms with Crippen LogP contribution in [-0.4, -0.2) is 83.1 Å². The van der Waals surface area contributed by atoms with Crippen molar-refractivity contribution in [2.24, 2.45) is 0 Å². The van der Waals surface area contributed by atoms with Crippen molar-refractivity contribution in [3.63, 3.8) is 0 Å². The van der Waals surface area contributed by atoms with Crippen LogP contribution in [0.4, 0.5) is 0 Å². The number of rotatable bonds is 5. The van der Waals surface area contributed by atoms with Gasteiger partial charge in [0.25, 0.3) is 0 Å². The molecule has 0 aromatic rings. The van der Waals surface area contributed by atoms with Gasteiger partial charge in [-0.25, -0.2) is 0 Å². The predicted octanol–water partition coefficient (Wildman–Crippen LogP) is 1.93. The van der Waals surface area contributed by atoms with Crippen molar-refractivity contribution in [1.29, 1.82) is 0 Å². The second-order valence-corrected chi connectivity index (χ2v) is 10.0. The summed E-state index contributed by atoms with van der Waals surface area (Å²) in [7, 11) is -2.02. The summed E-state index contributed by atoms with van der Waals surface area (Å²) in [6.45, 7) is 16.8. The first-order valence-electron chi connectivity index (χ1n) is 8.92. The molecule has 2 aliphatic heterocycles. The summed E-state index contributed by atoms with van der Waals surface area (Å²) < 4.78 is 18.5. The van der Waals surface area contributed by atoms with Crippen molar-refractivity contribution in [2.45, 2.75) is 52.0 Å². The van der Waals surface area contributed by atoms with Gasteiger partial charge in [0.2, 0.25) is 0 Å². The van der Waals surface area contributed by atoms with Gasteiger partial charge in [0.1, 0.15) is 0 Å². The minimum absolute atomic E-state index is 0.168. The van der Waals surface area contributed by atoms with E-state index in [2.05, 4.69) is 37.1 Å². The Morgan fingerprint density at radius 3 is 2.68 bits per heavy atom. The lowest BCUT2D eigenvalue weighted by atomic mass is 10.3. The molecular weight excluding hydrogens is 296 g/mol. The van der Waals surface area contributed by atoms with Gasteiger partial charge in [-0.15, -0.1) is 0 Å². The molecule has 3 atom stereocenters. The average molecular weight is 331 g/mol. The summed E-state index contributed by atoms with van der Waals surface area (Å²) in [5.74, 6) is 0. The number of ether oxygens (including phenoxy) is 1. The standard InChI is InChI=1S/C16H34N2O3Si/c1-5-17(6-2)8-9-18-12-15(3)20-22(4)11-7-10-19-14-16(13-18)21-22/h15-16H,5-14H2,1-4H3. The molecule has 2 bridgehead atoms. The minimum Gasteiger partial charge on any atom is -0.390 e. The predicted molar refractivity (Wildman–Crippen MR) is 91.5 cm³/mol. The van der Waals surface area contributed by atoms with Crippen LogP contribution in [-0.2, 0) is 13.6 Å². The first-order valence-corrected chi connectivity index (χ1v) is 11.4. The summed E-state index contributed by atoms with van der Waals surface area (Å²) in [5, 5.41) is 0. The lowest BCUT2D eigenvalue weighted by molar-refractivity contribution is -0.0348. The molecule has 2 heterocycles. The van der Waals surface area contributed by atoms with Gasteiger partial charge in [0.15, 0.2) is 0 Å². The van der Waals surface area contributed by atoms with Gasteiger partial charge in [-0.3, -0.25) is 4.90 Å². The molecule has 3 unspecified atom stereocenters. The molecule has 0 N–H and O–H groups in total. The molecule has 5 nitrogen and oxygen atoms in total. The van der Waals surface area contributed by atoms with Crippen LogP contribution in [0.2, 0.25) is 12.6 Å². The smallest absolute Gasteiger partial charge is 0.335 e. The maximum Gasteiger partial charge on any atom is 0.335 e. The number of fused-ring (bicyclic) bond motifs is 2. The van der Waals surface area contributed by atoms with Gasteiger partial charge in [0, 0.05) is 32.8 Å². The molecule has 2 aliphatic rings. The maximum atomic E-state index is 6.42. The van der Waals surface area contributed by atoms with E-state index in [1.165, 1.54) is 0 Å². The van der Waals surface area contributed by atoms with E-state index in [1.54, 1.807) is 0 Å². The molecule has 2 saturated heterocycles. The largest absolute Gasteiger partial charge is 0.390 e. The molecular formula is C16H34N2O3Si. The van der Waals surface area contributed by atoms with Crippen molar-refractivity contribution in [2.75, 3.05) is 52.5 Å². The molecule has 0 amide bonds. The van der Waals surface area contributed by atoms with Crippen LogP contribution in [0.25, 0.3) is 0 Å². The fourth-order valence-corrected chi connectivity index (χ4v) is 6.38. The molecule has 130 valence electrons. The zero-order chi connectivity index (χ0) is 16.0. The Balaban J connectivity index is 1.96. The van der Waals surface area contributed by atoms with Crippen LogP contribution in [0.5, 0.6) is 0 Å². The van der Waals surface area contributed by atoms with Crippen molar-refractivity contribution in [1.82, 2.24) is 9.80 Å². The third-order valence-corrected chi connectivity index (χ3v) is 7.69. The quantitative estimate of drug-likeness (QED) is 0.720. The summed E-state index contributed by atoms with van der Waals surface area (Å²) in [5.41, 5.74) is 0. The highest BCUT2D eigenvalue weighted by Crippen LogP contribution is 2.25. The summed E-state index contributed by atoms with van der Waals surface area (Å²) in [4.78, 5) is 4.96. The Kier molecular flexibility index (Phi) is 7.30. The SMILES string of the molecule is CCN(CC)CCN1CC(C)O[Si]2(C)CCCOCC(C1)O2. The van der Waals surface area contributed by atoms with E-state index in [0.717, 1.165) is 58.3 Å². The molecule has 6 heteroatoms. The van der Waals surface area contributed by atoms with E-state index in [1.807, 2.05) is 0 Å². The molecule has 0 spiro atoms. The van der Waals surface area contributed by atoms with Crippen molar-refractivity contribution < 1.29 is 13.6 Å². The lowest BCUT2D eigenvalue weighted by Gasteiger charge is -2.42. The Morgan fingerprint density at radius 1 is 1.18 bits per heavy atom. The molecule has 0 aliphatic carbocycles. The van der Waals surface area contributed by atoms with E-state index >= 15 is 0 Å². The Hall–Kier alpha value is 0.0169. The fraction of sp³-hybridized carbons (Fsp3) is 1.00. The third-order valence-electron chi connectivity index (χ3n) is 4.69. The van der Waals surface area contributed by atoms with Crippen LogP contribution >= 0.6 is 0 Å². The first-order chi connectivity index (χ1) is 10.5. The highest BCUT2D eigenvalue weighted by molar-refractivity contribution is 6.66. The monoisotopic (exact) mass is 330 g/mol. The van der Waals surface area contributed by atoms with Gasteiger partial charge in [-0.05, 0) is 39.0 Å². The minimum atomic E-state index is -2.02. The molecule has 0 saturated carbocycles. The topological polar surface area (TPSA) is 34.2 Å². The van der Waals surface area contributed by atoms with E-state index in [9.17, 15) is 0 Å². The van der Waals surface area contributed by atoms with Crippen molar-refractivity contribution >= 4 is 8.56 Å². The van der Waals surface area contributed by atoms with Gasteiger partial charge >= 0.3 is 8.56 Å². The van der Waals surface area contributed by atoms with Crippen LogP contribution < -0.4 is 0 Å². The number of nitrogens with zero attached hydrogens (tertiary/aromatic N) is 2. The number of likely N-dealkylation sites (N-methyl/N-ethyl adjacent to an activating group) is 1. The summed E-state index contributed by atoms with van der Waals surface area (Å²) in [6, 6.07) is 1.05. The lowest BCUT2D eigenvalue weighted by Crippen LogP contribution is -2.55. The van der Waals surface area contributed by atoms with Crippen LogP contribution in [0.3, 0.4) is 0 Å². The van der Waals surface area contributed by atoms with Crippen LogP contribution in [0.1, 0.15) is 27.2 Å². The number of hydrogen-bond acceptors (Lipinski definition) is 5. The van der Waals surface area contributed by atoms with Crippen molar-refractivity contribution in [3.05, 3.63) is 0 Å². The molecule has 0 radical (unpaired) electrons. The van der Waals surface area contributed by atoms with Gasteiger partial charge in [-0.2, -0.15) is 0 Å². The van der Waals surface area contributed by atoms with Crippen molar-refractivity contribution in [3.8, 4) is 0 Å². The average Bonchev–Trinajstić information content (AvgIpc) is 2.43. The number of hydrogen-bond donors (Lipinski definition) is 0. The highest BCUT2D eigenvalue weighted by Gasteiger charge is 2.39. The Bertz CT molecular complexity index is 331. The maximum absolute atomic E-state index is 6.42. The fourth-order valence-electron chi connectivity index (χ4n) is 3.53. The van der Waals surface area contributed by atoms with Crippen LogP contribution in [0.15, 0.2) is 0 Å². The third kappa shape index (κ3) is 5.58. The van der Waals surface area contributed by atoms with Gasteiger partial charge < -0.3 is 18.5 Å². The van der Waals surface area contributed by atoms with Gasteiger partial charge in [0.05, 0.1) is 18.8 Å². The van der Waals surface area contributed by atoms with E-state index in [4.69, 9.17) is 13.6 Å². The Labute approximate surface area is 137 Å². The zero-order valence-electron chi connectivity index (χ0n) is 14.8. The highest BCUT2D eigenvalue weighted by atomic mass is 28.4. The molecule has 22 heavy (non-hydrogen) atoms. The van der Waals surface area contributed by atoms with Gasteiger partial charge in [-0.1, -0.05) is 13.8 Å². The molecule has 2 rings (SSSR count). The molecule has 0 aromatic carbocycles. The molecule has 2 fully saturated rings. The van der Waals surface area contributed by atoms with E-state index in [-0.39, 0.29) is 12.2 Å². The zero-order valence-corrected chi connectivity index (χ0v) is 15.8. The van der Waals surface area contributed by atoms with E-state index in [0.29, 0.717) is 6.61 Å². The Morgan fingerprint density at radius 2 is 1.95 bits per heavy atom. The molecule has 0 aromatic heterocycles. The normalized spacial score (nSPS) is 34.8. The second-order valence-electron chi connectivity index (χ2n) is 6.77. The second kappa shape index (κ2) is 8.75. The van der Waals surface area contributed by atoms with Crippen LogP contribution in [0, 0.1) is 0 Å². The van der Waals surface area contributed by atoms with E-state index < -0.39 is 8.56 Å². The summed E-state index contributed by atoms with van der Waals surface area (Å²) in [6.07, 6.45) is 1.49. The first kappa shape index (κ1) is 18.4. The summed E-state index contributed by atoms with van der Waals surface area (Å²) >= 11 is 0.